The minimum Gasteiger partial charge on any atom is -0.496 e. The lowest BCUT2D eigenvalue weighted by Gasteiger charge is -2.40. The summed E-state index contributed by atoms with van der Waals surface area (Å²) in [5.74, 6) is 1.03. The fourth-order valence-corrected chi connectivity index (χ4v) is 4.38. The highest BCUT2D eigenvalue weighted by atomic mass is 19.1. The molecular formula is C28H37FN4O3. The van der Waals surface area contributed by atoms with Gasteiger partial charge in [-0.3, -0.25) is 4.79 Å². The van der Waals surface area contributed by atoms with Crippen molar-refractivity contribution in [2.75, 3.05) is 33.9 Å². The molecule has 7 nitrogen and oxygen atoms in total. The Balaban J connectivity index is 2.21. The molecule has 1 amide bonds. The van der Waals surface area contributed by atoms with Crippen LogP contribution in [-0.4, -0.2) is 60.4 Å². The molecule has 194 valence electrons. The number of halogens is 1. The Morgan fingerprint density at radius 3 is 2.39 bits per heavy atom. The average molecular weight is 497 g/mol. The van der Waals surface area contributed by atoms with Gasteiger partial charge in [-0.25, -0.2) is 9.37 Å². The second-order valence-corrected chi connectivity index (χ2v) is 9.88. The predicted molar refractivity (Wildman–Crippen MR) is 139 cm³/mol. The van der Waals surface area contributed by atoms with Crippen molar-refractivity contribution in [1.29, 1.82) is 0 Å². The van der Waals surface area contributed by atoms with Gasteiger partial charge in [0.05, 0.1) is 25.4 Å². The molecule has 2 unspecified atom stereocenters. The first-order chi connectivity index (χ1) is 17.2. The Hall–Kier alpha value is -3.23. The second-order valence-electron chi connectivity index (χ2n) is 9.88. The van der Waals surface area contributed by atoms with Gasteiger partial charge in [-0.2, -0.15) is 0 Å². The molecule has 0 radical (unpaired) electrons. The van der Waals surface area contributed by atoms with E-state index in [1.807, 2.05) is 86.1 Å². The van der Waals surface area contributed by atoms with Gasteiger partial charge in [-0.15, -0.1) is 0 Å². The molecule has 0 aliphatic carbocycles. The molecule has 0 saturated heterocycles. The minimum atomic E-state index is -1.37. The van der Waals surface area contributed by atoms with E-state index >= 15 is 0 Å². The summed E-state index contributed by atoms with van der Waals surface area (Å²) in [7, 11) is 3.08. The van der Waals surface area contributed by atoms with Crippen molar-refractivity contribution in [3.05, 3.63) is 72.2 Å². The number of ether oxygens (including phenoxy) is 2. The number of methoxy groups -OCH3 is 2. The molecule has 1 aromatic heterocycles. The van der Waals surface area contributed by atoms with Crippen molar-refractivity contribution in [1.82, 2.24) is 14.5 Å². The maximum Gasteiger partial charge on any atom is 0.249 e. The number of hydrogen-bond donors (Lipinski definition) is 1. The summed E-state index contributed by atoms with van der Waals surface area (Å²) in [6.07, 6.45) is 0.593. The molecule has 3 rings (SSSR count). The Morgan fingerprint density at radius 1 is 1.11 bits per heavy atom. The van der Waals surface area contributed by atoms with E-state index in [0.717, 1.165) is 11.1 Å². The van der Waals surface area contributed by atoms with Gasteiger partial charge in [-0.05, 0) is 23.1 Å². The number of hydrogen-bond acceptors (Lipinski definition) is 5. The van der Waals surface area contributed by atoms with Crippen molar-refractivity contribution in [2.45, 2.75) is 39.5 Å². The summed E-state index contributed by atoms with van der Waals surface area (Å²) in [4.78, 5) is 19.8. The maximum absolute atomic E-state index is 14.7. The van der Waals surface area contributed by atoms with Crippen molar-refractivity contribution < 1.29 is 18.7 Å². The van der Waals surface area contributed by atoms with E-state index in [2.05, 4.69) is 0 Å². The zero-order valence-electron chi connectivity index (χ0n) is 21.8. The Morgan fingerprint density at radius 2 is 1.78 bits per heavy atom. The van der Waals surface area contributed by atoms with Gasteiger partial charge in [0, 0.05) is 32.0 Å². The number of para-hydroxylation sites is 1. The predicted octanol–water partition coefficient (Wildman–Crippen LogP) is 4.47. The molecule has 2 atom stereocenters. The number of alkyl halides is 1. The third kappa shape index (κ3) is 6.50. The zero-order valence-corrected chi connectivity index (χ0v) is 21.8. The van der Waals surface area contributed by atoms with Gasteiger partial charge in [-0.1, -0.05) is 63.2 Å². The maximum atomic E-state index is 14.7. The number of carbonyl (C=O) groups excluding carboxylic acids is 1. The molecule has 1 heterocycles. The van der Waals surface area contributed by atoms with Crippen molar-refractivity contribution in [3.8, 4) is 17.0 Å². The standard InChI is InChI=1S/C28H37FN4O3/c1-28(2,3)26(33(17-21(29)15-30)25(34)19-35-4)27-31-23(22-13-9-10-14-24(22)36-5)18-32(27)16-20-11-7-6-8-12-20/h6-14,18,21,26H,15-17,19,30H2,1-5H3. The van der Waals surface area contributed by atoms with Gasteiger partial charge in [0.1, 0.15) is 24.4 Å². The van der Waals surface area contributed by atoms with E-state index in [0.29, 0.717) is 23.8 Å². The highest BCUT2D eigenvalue weighted by Crippen LogP contribution is 2.40. The minimum absolute atomic E-state index is 0.150. The molecule has 2 aromatic carbocycles. The summed E-state index contributed by atoms with van der Waals surface area (Å²) in [5, 5.41) is 0. The summed E-state index contributed by atoms with van der Waals surface area (Å²) in [5.41, 5.74) is 7.75. The number of rotatable bonds is 11. The first kappa shape index (κ1) is 27.4. The molecular weight excluding hydrogens is 459 g/mol. The van der Waals surface area contributed by atoms with Crippen LogP contribution in [0.1, 0.15) is 38.2 Å². The van der Waals surface area contributed by atoms with Crippen LogP contribution in [0, 0.1) is 5.41 Å². The quantitative estimate of drug-likeness (QED) is 0.424. The summed E-state index contributed by atoms with van der Waals surface area (Å²) >= 11 is 0. The Kier molecular flexibility index (Phi) is 9.23. The van der Waals surface area contributed by atoms with E-state index in [-0.39, 0.29) is 25.6 Å². The Labute approximate surface area is 213 Å². The summed E-state index contributed by atoms with van der Waals surface area (Å²) in [6, 6.07) is 17.1. The summed E-state index contributed by atoms with van der Waals surface area (Å²) in [6.45, 7) is 6.09. The van der Waals surface area contributed by atoms with E-state index < -0.39 is 17.6 Å². The summed E-state index contributed by atoms with van der Waals surface area (Å²) < 4.78 is 27.4. The first-order valence-electron chi connectivity index (χ1n) is 12.1. The molecule has 0 aliphatic rings. The van der Waals surface area contributed by atoms with Gasteiger partial charge in [0.2, 0.25) is 5.91 Å². The lowest BCUT2D eigenvalue weighted by Crippen LogP contribution is -2.47. The lowest BCUT2D eigenvalue weighted by atomic mass is 9.84. The van der Waals surface area contributed by atoms with Crippen LogP contribution in [0.3, 0.4) is 0 Å². The molecule has 0 bridgehead atoms. The number of amides is 1. The third-order valence-corrected chi connectivity index (χ3v) is 6.00. The second kappa shape index (κ2) is 12.1. The molecule has 36 heavy (non-hydrogen) atoms. The molecule has 0 aliphatic heterocycles. The van der Waals surface area contributed by atoms with E-state index in [4.69, 9.17) is 20.2 Å². The van der Waals surface area contributed by atoms with Gasteiger partial charge >= 0.3 is 0 Å². The lowest BCUT2D eigenvalue weighted by molar-refractivity contribution is -0.141. The number of aromatic nitrogens is 2. The highest BCUT2D eigenvalue weighted by molar-refractivity contribution is 5.78. The van der Waals surface area contributed by atoms with Crippen molar-refractivity contribution in [3.63, 3.8) is 0 Å². The third-order valence-electron chi connectivity index (χ3n) is 6.00. The number of nitrogens with zero attached hydrogens (tertiary/aromatic N) is 3. The monoisotopic (exact) mass is 496 g/mol. The molecule has 3 aromatic rings. The van der Waals surface area contributed by atoms with E-state index in [1.165, 1.54) is 12.0 Å². The smallest absolute Gasteiger partial charge is 0.249 e. The SMILES string of the molecule is COCC(=O)N(CC(F)CN)C(c1nc(-c2ccccc2OC)cn1Cc1ccccc1)C(C)(C)C. The van der Waals surface area contributed by atoms with E-state index in [9.17, 15) is 9.18 Å². The van der Waals surface area contributed by atoms with Crippen LogP contribution in [0.5, 0.6) is 5.75 Å². The van der Waals surface area contributed by atoms with Crippen LogP contribution in [-0.2, 0) is 16.1 Å². The normalized spacial score (nSPS) is 13.3. The van der Waals surface area contributed by atoms with Crippen LogP contribution >= 0.6 is 0 Å². The van der Waals surface area contributed by atoms with Crippen LogP contribution < -0.4 is 10.5 Å². The van der Waals surface area contributed by atoms with Gasteiger partial charge in [0.25, 0.3) is 0 Å². The van der Waals surface area contributed by atoms with Crippen LogP contribution in [0.4, 0.5) is 4.39 Å². The number of imidazole rings is 1. The van der Waals surface area contributed by atoms with Crippen molar-refractivity contribution in [2.24, 2.45) is 11.1 Å². The van der Waals surface area contributed by atoms with Gasteiger partial charge < -0.3 is 24.7 Å². The number of nitrogens with two attached hydrogens (primary N) is 1. The van der Waals surface area contributed by atoms with Crippen LogP contribution in [0.25, 0.3) is 11.3 Å². The highest BCUT2D eigenvalue weighted by Gasteiger charge is 2.39. The number of benzene rings is 2. The fourth-order valence-electron chi connectivity index (χ4n) is 4.38. The number of carbonyl (C=O) groups is 1. The fraction of sp³-hybridized carbons (Fsp3) is 0.429. The van der Waals surface area contributed by atoms with E-state index in [1.54, 1.807) is 7.11 Å². The first-order valence-corrected chi connectivity index (χ1v) is 12.1. The molecule has 0 spiro atoms. The topological polar surface area (TPSA) is 82.6 Å². The Bertz CT molecular complexity index is 1130. The van der Waals surface area contributed by atoms with Crippen LogP contribution in [0.15, 0.2) is 60.8 Å². The molecule has 8 heteroatoms. The van der Waals surface area contributed by atoms with Crippen LogP contribution in [0.2, 0.25) is 0 Å². The molecule has 2 N–H and O–H groups in total. The van der Waals surface area contributed by atoms with Gasteiger partial charge in [0.15, 0.2) is 0 Å². The average Bonchev–Trinajstić information content (AvgIpc) is 3.26. The van der Waals surface area contributed by atoms with Crippen molar-refractivity contribution >= 4 is 5.91 Å². The molecule has 0 fully saturated rings. The largest absolute Gasteiger partial charge is 0.496 e. The zero-order chi connectivity index (χ0) is 26.3. The molecule has 0 saturated carbocycles.